The van der Waals surface area contributed by atoms with Gasteiger partial charge in [-0.15, -0.1) is 21.5 Å². The number of nitrogen functional groups attached to an aromatic ring is 1. The Labute approximate surface area is 412 Å². The molecule has 0 spiro atoms. The Kier molecular flexibility index (Phi) is 13.2. The van der Waals surface area contributed by atoms with Crippen LogP contribution in [0.4, 0.5) is 17.5 Å². The molecule has 3 aromatic heterocycles. The Bertz CT molecular complexity index is 2680. The Hall–Kier alpha value is -6.24. The topological polar surface area (TPSA) is 219 Å². The quantitative estimate of drug-likeness (QED) is 0.108. The summed E-state index contributed by atoms with van der Waals surface area (Å²) in [6.45, 7) is 11.4. The van der Waals surface area contributed by atoms with E-state index in [2.05, 4.69) is 40.5 Å². The molecule has 3 amide bonds. The fourth-order valence-electron chi connectivity index (χ4n) is 11.3. The summed E-state index contributed by atoms with van der Waals surface area (Å²) >= 11 is 1.59. The number of rotatable bonds is 12. The number of aryl methyl sites for hydroxylation is 1. The zero-order valence-corrected chi connectivity index (χ0v) is 41.2. The lowest BCUT2D eigenvalue weighted by atomic mass is 9.76. The number of nitrogens with one attached hydrogen (secondary N) is 2. The van der Waals surface area contributed by atoms with Crippen molar-refractivity contribution in [2.75, 3.05) is 48.3 Å². The van der Waals surface area contributed by atoms with Crippen LogP contribution in [0.25, 0.3) is 21.7 Å². The average Bonchev–Trinajstić information content (AvgIpc) is 4.03. The monoisotopic (exact) mass is 968 g/mol. The SMILES string of the molecule is Cc1ncsc1-c1ccc(CNC(=O)[C@@H]2C[C@@H](O)CN2C(=O)[C@@H](NC(=O)C2CC(N3CCC(c4cnc(N5C6CCC5CN(c5cc(-c7ccccc7O)nnc5N)C6)nc4)CC3)C2)C(C)(C)C)cc1. The Morgan fingerprint density at radius 2 is 1.57 bits per heavy atom. The average molecular weight is 969 g/mol. The summed E-state index contributed by atoms with van der Waals surface area (Å²) in [5, 5.41) is 35.7. The predicted octanol–water partition coefficient (Wildman–Crippen LogP) is 5.28. The number of likely N-dealkylation sites (tertiary alicyclic amines) is 2. The van der Waals surface area contributed by atoms with Crippen molar-refractivity contribution in [2.24, 2.45) is 11.3 Å². The van der Waals surface area contributed by atoms with Crippen molar-refractivity contribution in [3.05, 3.63) is 89.3 Å². The van der Waals surface area contributed by atoms with Gasteiger partial charge < -0.3 is 46.2 Å². The van der Waals surface area contributed by atoms with Gasteiger partial charge in [-0.3, -0.25) is 14.4 Å². The molecular weight excluding hydrogens is 905 g/mol. The Balaban J connectivity index is 0.690. The van der Waals surface area contributed by atoms with Gasteiger partial charge in [0.2, 0.25) is 23.7 Å². The van der Waals surface area contributed by atoms with E-state index in [0.29, 0.717) is 29.0 Å². The number of β-amino-alcohol motifs (C(OH)–C–C–N with tert-alkyl or cyclic N) is 1. The van der Waals surface area contributed by atoms with Crippen LogP contribution in [0.1, 0.15) is 88.5 Å². The maximum atomic E-state index is 14.3. The third-order valence-corrected chi connectivity index (χ3v) is 16.4. The molecule has 2 unspecified atom stereocenters. The molecule has 5 aromatic rings. The van der Waals surface area contributed by atoms with Crippen LogP contribution < -0.4 is 26.2 Å². The lowest BCUT2D eigenvalue weighted by Crippen LogP contribution is -2.60. The molecule has 4 aliphatic heterocycles. The molecule has 7 heterocycles. The molecule has 2 bridgehead atoms. The van der Waals surface area contributed by atoms with Crippen molar-refractivity contribution in [3.8, 4) is 27.4 Å². The first kappa shape index (κ1) is 47.4. The van der Waals surface area contributed by atoms with Gasteiger partial charge in [-0.1, -0.05) is 57.2 Å². The number of aromatic nitrogens is 5. The van der Waals surface area contributed by atoms with Crippen molar-refractivity contribution in [2.45, 2.75) is 121 Å². The molecule has 368 valence electrons. The molecule has 0 radical (unpaired) electrons. The van der Waals surface area contributed by atoms with E-state index in [4.69, 9.17) is 15.7 Å². The standard InChI is InChI=1S/C52H64N12O5S/c1-30-45(70-29-57-30)33-11-9-31(10-12-33)23-54-49(68)43-21-39(65)28-63(43)50(69)46(52(2,3)4)58-48(67)34-19-38(20-34)61-17-15-32(16-18-61)35-24-55-51(56-25-35)64-36-13-14-37(64)27-62(26-36)42-22-41(59-60-47(42)53)40-7-5-6-8-44(40)66/h5-12,22,24-25,29,32,34,36-39,43,46,65-66H,13-21,23,26-28H2,1-4H3,(H2,53,60)(H,54,68)(H,58,67)/t34?,36?,37?,38?,39-,43+,46-/m1/s1. The number of piperidine rings is 1. The molecule has 5 fully saturated rings. The van der Waals surface area contributed by atoms with Gasteiger partial charge in [0.05, 0.1) is 33.6 Å². The van der Waals surface area contributed by atoms with Crippen molar-refractivity contribution in [1.82, 2.24) is 45.6 Å². The molecule has 17 nitrogen and oxygen atoms in total. The van der Waals surface area contributed by atoms with E-state index >= 15 is 0 Å². The smallest absolute Gasteiger partial charge is 0.246 e. The number of aromatic hydroxyl groups is 1. The Morgan fingerprint density at radius 3 is 2.23 bits per heavy atom. The number of aliphatic hydroxyl groups excluding tert-OH is 1. The molecule has 5 atom stereocenters. The summed E-state index contributed by atoms with van der Waals surface area (Å²) in [5.74, 6) is 0.627. The molecule has 5 aliphatic rings. The number of nitrogens with zero attached hydrogens (tertiary/aromatic N) is 9. The van der Waals surface area contributed by atoms with Crippen LogP contribution in [-0.4, -0.2) is 132 Å². The first-order chi connectivity index (χ1) is 33.7. The van der Waals surface area contributed by atoms with E-state index in [-0.39, 0.29) is 61.0 Å². The highest BCUT2D eigenvalue weighted by molar-refractivity contribution is 7.13. The molecule has 18 heteroatoms. The summed E-state index contributed by atoms with van der Waals surface area (Å²) in [6.07, 6.45) is 8.82. The van der Waals surface area contributed by atoms with E-state index in [1.807, 2.05) is 88.1 Å². The van der Waals surface area contributed by atoms with Crippen molar-refractivity contribution in [3.63, 3.8) is 0 Å². The molecule has 10 rings (SSSR count). The van der Waals surface area contributed by atoms with Crippen LogP contribution in [0.2, 0.25) is 0 Å². The van der Waals surface area contributed by atoms with Crippen LogP contribution in [0.3, 0.4) is 0 Å². The number of para-hydroxylation sites is 1. The fourth-order valence-corrected chi connectivity index (χ4v) is 12.1. The lowest BCUT2D eigenvalue weighted by molar-refractivity contribution is -0.145. The van der Waals surface area contributed by atoms with Crippen molar-refractivity contribution in [1.29, 1.82) is 0 Å². The summed E-state index contributed by atoms with van der Waals surface area (Å²) < 4.78 is 0. The molecule has 70 heavy (non-hydrogen) atoms. The van der Waals surface area contributed by atoms with Crippen molar-refractivity contribution >= 4 is 46.5 Å². The highest BCUT2D eigenvalue weighted by atomic mass is 32.1. The number of piperazine rings is 1. The number of aliphatic hydroxyl groups is 1. The number of amides is 3. The van der Waals surface area contributed by atoms with Crippen LogP contribution in [0.15, 0.2) is 72.5 Å². The third kappa shape index (κ3) is 9.64. The molecule has 1 saturated carbocycles. The number of nitrogens with two attached hydrogens (primary N) is 1. The summed E-state index contributed by atoms with van der Waals surface area (Å²) in [7, 11) is 0. The van der Waals surface area contributed by atoms with Gasteiger partial charge in [0, 0.05) is 74.6 Å². The van der Waals surface area contributed by atoms with Crippen LogP contribution in [0.5, 0.6) is 5.75 Å². The van der Waals surface area contributed by atoms with Gasteiger partial charge in [0.25, 0.3) is 0 Å². The zero-order chi connectivity index (χ0) is 48.8. The first-order valence-electron chi connectivity index (χ1n) is 24.7. The fraction of sp³-hybridized carbons (Fsp3) is 0.500. The summed E-state index contributed by atoms with van der Waals surface area (Å²) in [4.78, 5) is 65.6. The third-order valence-electron chi connectivity index (χ3n) is 15.4. The molecule has 1 aliphatic carbocycles. The summed E-state index contributed by atoms with van der Waals surface area (Å²) in [5.41, 5.74) is 13.7. The number of carbonyl (C=O) groups is 3. The number of hydrogen-bond acceptors (Lipinski definition) is 15. The minimum Gasteiger partial charge on any atom is -0.507 e. The van der Waals surface area contributed by atoms with Gasteiger partial charge in [0.15, 0.2) is 5.82 Å². The number of hydrogen-bond donors (Lipinski definition) is 5. The largest absolute Gasteiger partial charge is 0.507 e. The van der Waals surface area contributed by atoms with E-state index in [9.17, 15) is 24.6 Å². The highest BCUT2D eigenvalue weighted by Gasteiger charge is 2.47. The minimum atomic E-state index is -0.860. The summed E-state index contributed by atoms with van der Waals surface area (Å²) in [6, 6.07) is 16.1. The normalized spacial score (nSPS) is 24.3. The number of thiazole rings is 1. The predicted molar refractivity (Wildman–Crippen MR) is 269 cm³/mol. The lowest BCUT2D eigenvalue weighted by Gasteiger charge is -2.46. The van der Waals surface area contributed by atoms with E-state index in [1.165, 1.54) is 4.90 Å². The maximum absolute atomic E-state index is 14.3. The zero-order valence-electron chi connectivity index (χ0n) is 40.4. The second kappa shape index (κ2) is 19.5. The van der Waals surface area contributed by atoms with Crippen LogP contribution >= 0.6 is 11.3 Å². The second-order valence-corrected chi connectivity index (χ2v) is 21.9. The minimum absolute atomic E-state index is 0.0331. The van der Waals surface area contributed by atoms with E-state index < -0.39 is 23.6 Å². The number of phenolic OH excluding ortho intramolecular Hbond substituents is 1. The second-order valence-electron chi connectivity index (χ2n) is 21.0. The van der Waals surface area contributed by atoms with Gasteiger partial charge in [0.1, 0.15) is 17.8 Å². The molecule has 6 N–H and O–H groups in total. The number of anilines is 3. The van der Waals surface area contributed by atoms with Gasteiger partial charge in [-0.25, -0.2) is 15.0 Å². The Morgan fingerprint density at radius 1 is 0.871 bits per heavy atom. The first-order valence-corrected chi connectivity index (χ1v) is 25.6. The number of carbonyl (C=O) groups excluding carboxylic acids is 3. The van der Waals surface area contributed by atoms with Crippen LogP contribution in [-0.2, 0) is 20.9 Å². The van der Waals surface area contributed by atoms with Crippen LogP contribution in [0, 0.1) is 18.3 Å². The van der Waals surface area contributed by atoms with Crippen molar-refractivity contribution < 1.29 is 24.6 Å². The maximum Gasteiger partial charge on any atom is 0.246 e. The van der Waals surface area contributed by atoms with E-state index in [1.54, 1.807) is 23.5 Å². The molecule has 4 saturated heterocycles. The number of benzene rings is 2. The number of phenols is 1. The van der Waals surface area contributed by atoms with Gasteiger partial charge in [-0.2, -0.15) is 0 Å². The van der Waals surface area contributed by atoms with E-state index in [0.717, 1.165) is 104 Å². The van der Waals surface area contributed by atoms with Gasteiger partial charge >= 0.3 is 0 Å². The molecule has 2 aromatic carbocycles. The number of fused-ring (bicyclic) bond motifs is 2. The molecular formula is C52H64N12O5S. The highest BCUT2D eigenvalue weighted by Crippen LogP contribution is 2.40. The van der Waals surface area contributed by atoms with Gasteiger partial charge in [-0.05, 0) is 105 Å².